The van der Waals surface area contributed by atoms with Gasteiger partial charge in [-0.05, 0) is 25.1 Å². The first-order valence-electron chi connectivity index (χ1n) is 5.95. The van der Waals surface area contributed by atoms with E-state index in [4.69, 9.17) is 11.6 Å². The van der Waals surface area contributed by atoms with Crippen molar-refractivity contribution >= 4 is 23.2 Å². The fourth-order valence-corrected chi connectivity index (χ4v) is 2.31. The second-order valence-electron chi connectivity index (χ2n) is 5.02. The number of aliphatic hydroxyl groups is 1. The Labute approximate surface area is 112 Å². The van der Waals surface area contributed by atoms with Crippen LogP contribution < -0.4 is 5.32 Å². The number of nitrogens with one attached hydrogen (secondary N) is 1. The van der Waals surface area contributed by atoms with E-state index in [0.717, 1.165) is 0 Å². The smallest absolute Gasteiger partial charge is 0.225 e. The summed E-state index contributed by atoms with van der Waals surface area (Å²) in [6.45, 7) is 3.74. The number of anilines is 1. The van der Waals surface area contributed by atoms with Gasteiger partial charge < -0.3 is 10.4 Å². The molecule has 2 N–H and O–H groups in total. The molecule has 1 fully saturated rings. The molecule has 18 heavy (non-hydrogen) atoms. The van der Waals surface area contributed by atoms with Gasteiger partial charge in [0.25, 0.3) is 0 Å². The molecule has 0 aliphatic carbocycles. The van der Waals surface area contributed by atoms with E-state index in [2.05, 4.69) is 10.2 Å². The Morgan fingerprint density at radius 3 is 2.89 bits per heavy atom. The highest BCUT2D eigenvalue weighted by Gasteiger charge is 2.35. The molecule has 2 rings (SSSR count). The molecule has 1 aromatic carbocycles. The fourth-order valence-electron chi connectivity index (χ4n) is 2.12. The first-order valence-corrected chi connectivity index (χ1v) is 6.33. The SMILES string of the molecule is CC1(O)CN(CCC(=O)Nc2cccc(Cl)c2)C1. The van der Waals surface area contributed by atoms with Crippen molar-refractivity contribution in [1.82, 2.24) is 4.90 Å². The standard InChI is InChI=1S/C13H17ClN2O2/c1-13(18)8-16(9-13)6-5-12(17)15-11-4-2-3-10(14)7-11/h2-4,7,18H,5-6,8-9H2,1H3,(H,15,17). The number of β-amino-alcohol motifs (C(OH)–C–C–N with tert-alkyl or cyclic N) is 1. The van der Waals surface area contributed by atoms with Crippen LogP contribution in [0.3, 0.4) is 0 Å². The van der Waals surface area contributed by atoms with Crippen molar-refractivity contribution in [2.24, 2.45) is 0 Å². The lowest BCUT2D eigenvalue weighted by Gasteiger charge is -2.44. The first kappa shape index (κ1) is 13.3. The second kappa shape index (κ2) is 5.26. The van der Waals surface area contributed by atoms with Gasteiger partial charge in [0.05, 0.1) is 5.60 Å². The van der Waals surface area contributed by atoms with Gasteiger partial charge in [-0.3, -0.25) is 9.69 Å². The Morgan fingerprint density at radius 2 is 2.28 bits per heavy atom. The maximum Gasteiger partial charge on any atom is 0.225 e. The average molecular weight is 269 g/mol. The highest BCUT2D eigenvalue weighted by Crippen LogP contribution is 2.20. The molecule has 1 amide bonds. The van der Waals surface area contributed by atoms with Crippen LogP contribution in [-0.2, 0) is 4.79 Å². The van der Waals surface area contributed by atoms with E-state index in [1.54, 1.807) is 31.2 Å². The number of rotatable bonds is 4. The van der Waals surface area contributed by atoms with Crippen LogP contribution in [0, 0.1) is 0 Å². The third kappa shape index (κ3) is 3.70. The minimum absolute atomic E-state index is 0.0381. The molecular weight excluding hydrogens is 252 g/mol. The van der Waals surface area contributed by atoms with Crippen molar-refractivity contribution in [3.8, 4) is 0 Å². The van der Waals surface area contributed by atoms with Crippen LogP contribution in [-0.4, -0.2) is 41.1 Å². The third-order valence-electron chi connectivity index (χ3n) is 2.89. The Morgan fingerprint density at radius 1 is 1.56 bits per heavy atom. The molecule has 5 heteroatoms. The molecular formula is C13H17ClN2O2. The van der Waals surface area contributed by atoms with E-state index < -0.39 is 5.60 Å². The molecule has 1 heterocycles. The number of carbonyl (C=O) groups excluding carboxylic acids is 1. The lowest BCUT2D eigenvalue weighted by atomic mass is 9.97. The Balaban J connectivity index is 1.73. The molecule has 0 bridgehead atoms. The van der Waals surface area contributed by atoms with Gasteiger partial charge in [0.1, 0.15) is 0 Å². The van der Waals surface area contributed by atoms with Crippen molar-refractivity contribution in [3.63, 3.8) is 0 Å². The van der Waals surface area contributed by atoms with E-state index in [1.165, 1.54) is 0 Å². The van der Waals surface area contributed by atoms with Crippen LogP contribution in [0.5, 0.6) is 0 Å². The molecule has 98 valence electrons. The van der Waals surface area contributed by atoms with Crippen LogP contribution in [0.4, 0.5) is 5.69 Å². The minimum Gasteiger partial charge on any atom is -0.388 e. The lowest BCUT2D eigenvalue weighted by molar-refractivity contribution is -0.119. The van der Waals surface area contributed by atoms with E-state index in [1.807, 2.05) is 0 Å². The van der Waals surface area contributed by atoms with Gasteiger partial charge in [-0.25, -0.2) is 0 Å². The molecule has 0 aromatic heterocycles. The summed E-state index contributed by atoms with van der Waals surface area (Å²) in [5.74, 6) is -0.0381. The van der Waals surface area contributed by atoms with Crippen LogP contribution in [0.15, 0.2) is 24.3 Å². The number of likely N-dealkylation sites (tertiary alicyclic amines) is 1. The molecule has 0 radical (unpaired) electrons. The number of benzene rings is 1. The molecule has 0 spiro atoms. The maximum atomic E-state index is 11.7. The number of hydrogen-bond acceptors (Lipinski definition) is 3. The maximum absolute atomic E-state index is 11.7. The number of hydrogen-bond donors (Lipinski definition) is 2. The fraction of sp³-hybridized carbons (Fsp3) is 0.462. The summed E-state index contributed by atoms with van der Waals surface area (Å²) >= 11 is 5.83. The molecule has 4 nitrogen and oxygen atoms in total. The molecule has 1 aromatic rings. The highest BCUT2D eigenvalue weighted by molar-refractivity contribution is 6.30. The molecule has 1 saturated heterocycles. The summed E-state index contributed by atoms with van der Waals surface area (Å²) in [5.41, 5.74) is 0.131. The Hall–Kier alpha value is -1.10. The normalized spacial score (nSPS) is 18.2. The van der Waals surface area contributed by atoms with E-state index in [9.17, 15) is 9.90 Å². The number of carbonyl (C=O) groups is 1. The van der Waals surface area contributed by atoms with Crippen molar-refractivity contribution < 1.29 is 9.90 Å². The summed E-state index contributed by atoms with van der Waals surface area (Å²) in [6, 6.07) is 7.08. The van der Waals surface area contributed by atoms with E-state index in [0.29, 0.717) is 36.8 Å². The molecule has 0 atom stereocenters. The van der Waals surface area contributed by atoms with Crippen molar-refractivity contribution in [2.45, 2.75) is 18.9 Å². The van der Waals surface area contributed by atoms with Gasteiger partial charge in [-0.15, -0.1) is 0 Å². The third-order valence-corrected chi connectivity index (χ3v) is 3.13. The summed E-state index contributed by atoms with van der Waals surface area (Å²) in [4.78, 5) is 13.7. The van der Waals surface area contributed by atoms with Crippen LogP contribution in [0.2, 0.25) is 5.02 Å². The van der Waals surface area contributed by atoms with Gasteiger partial charge in [-0.1, -0.05) is 17.7 Å². The van der Waals surface area contributed by atoms with Gasteiger partial charge >= 0.3 is 0 Å². The molecule has 1 aliphatic rings. The zero-order valence-electron chi connectivity index (χ0n) is 10.3. The summed E-state index contributed by atoms with van der Waals surface area (Å²) in [5, 5.41) is 13.0. The van der Waals surface area contributed by atoms with Gasteiger partial charge in [0, 0.05) is 36.8 Å². The Bertz CT molecular complexity index is 440. The lowest BCUT2D eigenvalue weighted by Crippen LogP contribution is -2.60. The summed E-state index contributed by atoms with van der Waals surface area (Å²) < 4.78 is 0. The van der Waals surface area contributed by atoms with Crippen LogP contribution in [0.1, 0.15) is 13.3 Å². The quantitative estimate of drug-likeness (QED) is 0.875. The van der Waals surface area contributed by atoms with Crippen LogP contribution >= 0.6 is 11.6 Å². The molecule has 0 saturated carbocycles. The van der Waals surface area contributed by atoms with Crippen LogP contribution in [0.25, 0.3) is 0 Å². The number of amides is 1. The highest BCUT2D eigenvalue weighted by atomic mass is 35.5. The van der Waals surface area contributed by atoms with Gasteiger partial charge in [0.15, 0.2) is 0 Å². The molecule has 0 unspecified atom stereocenters. The topological polar surface area (TPSA) is 52.6 Å². The minimum atomic E-state index is -0.580. The van der Waals surface area contributed by atoms with Crippen molar-refractivity contribution in [2.75, 3.05) is 25.0 Å². The largest absolute Gasteiger partial charge is 0.388 e. The average Bonchev–Trinajstić information content (AvgIpc) is 2.23. The van der Waals surface area contributed by atoms with E-state index >= 15 is 0 Å². The second-order valence-corrected chi connectivity index (χ2v) is 5.45. The van der Waals surface area contributed by atoms with Gasteiger partial charge in [-0.2, -0.15) is 0 Å². The summed E-state index contributed by atoms with van der Waals surface area (Å²) in [7, 11) is 0. The summed E-state index contributed by atoms with van der Waals surface area (Å²) in [6.07, 6.45) is 0.419. The zero-order valence-corrected chi connectivity index (χ0v) is 11.1. The monoisotopic (exact) mass is 268 g/mol. The van der Waals surface area contributed by atoms with Crippen molar-refractivity contribution in [1.29, 1.82) is 0 Å². The first-order chi connectivity index (χ1) is 8.44. The van der Waals surface area contributed by atoms with E-state index in [-0.39, 0.29) is 5.91 Å². The zero-order chi connectivity index (χ0) is 13.2. The predicted octanol–water partition coefficient (Wildman–Crippen LogP) is 1.74. The number of halogens is 1. The molecule has 1 aliphatic heterocycles. The number of nitrogens with zero attached hydrogens (tertiary/aromatic N) is 1. The predicted molar refractivity (Wildman–Crippen MR) is 71.8 cm³/mol. The van der Waals surface area contributed by atoms with Crippen molar-refractivity contribution in [3.05, 3.63) is 29.3 Å². The van der Waals surface area contributed by atoms with Gasteiger partial charge in [0.2, 0.25) is 5.91 Å². The Kier molecular flexibility index (Phi) is 3.90.